The van der Waals surface area contributed by atoms with Gasteiger partial charge in [0.25, 0.3) is 5.91 Å². The summed E-state index contributed by atoms with van der Waals surface area (Å²) in [6, 6.07) is -0.743. The van der Waals surface area contributed by atoms with Gasteiger partial charge in [0.2, 0.25) is 6.79 Å². The summed E-state index contributed by atoms with van der Waals surface area (Å²) >= 11 is 1.52. The Morgan fingerprint density at radius 3 is 2.62 bits per heavy atom. The number of thioether (sulfide) groups is 1. The van der Waals surface area contributed by atoms with Gasteiger partial charge < -0.3 is 23.8 Å². The highest BCUT2D eigenvalue weighted by molar-refractivity contribution is 8.01. The number of β-lactam (4-membered cyclic amide) rings is 1. The predicted octanol–water partition coefficient (Wildman–Crippen LogP) is 1.52. The smallest absolute Gasteiger partial charge is 0.438 e. The minimum Gasteiger partial charge on any atom is -0.438 e. The van der Waals surface area contributed by atoms with Crippen LogP contribution in [0.1, 0.15) is 33.6 Å². The third kappa shape index (κ3) is 3.61. The van der Waals surface area contributed by atoms with Crippen molar-refractivity contribution in [2.75, 3.05) is 20.5 Å². The Balaban J connectivity index is 1.94. The molecule has 1 amide bonds. The Morgan fingerprint density at radius 2 is 2.00 bits per heavy atom. The molecule has 2 aliphatic heterocycles. The first-order valence-corrected chi connectivity index (χ1v) is 8.70. The maximum atomic E-state index is 12.3. The number of nitrogens with zero attached hydrogens (tertiary/aromatic N) is 1. The molecule has 0 N–H and O–H groups in total. The van der Waals surface area contributed by atoms with Gasteiger partial charge in [-0.25, -0.2) is 9.59 Å². The molecule has 0 saturated carbocycles. The Hall–Kier alpha value is -1.48. The number of rotatable bonds is 7. The molecule has 0 aromatic rings. The second kappa shape index (κ2) is 7.60. The third-order valence-electron chi connectivity index (χ3n) is 3.96. The largest absolute Gasteiger partial charge is 0.510 e. The lowest BCUT2D eigenvalue weighted by Crippen LogP contribution is -2.66. The minimum absolute atomic E-state index is 0.191. The molecule has 0 aromatic heterocycles. The van der Waals surface area contributed by atoms with E-state index in [1.807, 2.05) is 20.8 Å². The van der Waals surface area contributed by atoms with E-state index in [-0.39, 0.29) is 11.3 Å². The lowest BCUT2D eigenvalue weighted by Gasteiger charge is -2.43. The fourth-order valence-electron chi connectivity index (χ4n) is 2.74. The summed E-state index contributed by atoms with van der Waals surface area (Å²) in [5, 5.41) is -0.191. The van der Waals surface area contributed by atoms with Gasteiger partial charge in [0.15, 0.2) is 6.10 Å². The van der Waals surface area contributed by atoms with Crippen LogP contribution in [-0.4, -0.2) is 65.7 Å². The van der Waals surface area contributed by atoms with Gasteiger partial charge in [0.1, 0.15) is 11.4 Å². The number of hydrogen-bond acceptors (Lipinski definition) is 8. The van der Waals surface area contributed by atoms with E-state index in [1.54, 1.807) is 0 Å². The van der Waals surface area contributed by atoms with Gasteiger partial charge >= 0.3 is 12.1 Å². The van der Waals surface area contributed by atoms with Crippen LogP contribution >= 0.6 is 11.8 Å². The fourth-order valence-corrected chi connectivity index (χ4v) is 4.36. The van der Waals surface area contributed by atoms with Gasteiger partial charge in [0.05, 0.1) is 7.11 Å². The van der Waals surface area contributed by atoms with Crippen LogP contribution in [0.2, 0.25) is 0 Å². The lowest BCUT2D eigenvalue weighted by atomic mass is 9.97. The maximum absolute atomic E-state index is 12.3. The van der Waals surface area contributed by atoms with Crippen LogP contribution in [0, 0.1) is 0 Å². The Labute approximate surface area is 145 Å². The van der Waals surface area contributed by atoms with E-state index in [4.69, 9.17) is 9.47 Å². The highest BCUT2D eigenvalue weighted by Gasteiger charge is 2.64. The average Bonchev–Trinajstić information content (AvgIpc) is 2.79. The van der Waals surface area contributed by atoms with E-state index < -0.39 is 35.8 Å². The fraction of sp³-hybridized carbons (Fsp3) is 0.800. The van der Waals surface area contributed by atoms with E-state index in [0.717, 1.165) is 20.0 Å². The summed E-state index contributed by atoms with van der Waals surface area (Å²) in [7, 11) is 1.16. The lowest BCUT2D eigenvalue weighted by molar-refractivity contribution is -0.180. The van der Waals surface area contributed by atoms with Crippen LogP contribution < -0.4 is 0 Å². The number of carbonyl (C=O) groups is 3. The van der Waals surface area contributed by atoms with Crippen LogP contribution in [-0.2, 0) is 28.5 Å². The average molecular weight is 361 g/mol. The summed E-state index contributed by atoms with van der Waals surface area (Å²) in [5.74, 6) is -0.815. The van der Waals surface area contributed by atoms with Gasteiger partial charge in [-0.2, -0.15) is 0 Å². The first kappa shape index (κ1) is 18.9. The van der Waals surface area contributed by atoms with Crippen LogP contribution in [0.25, 0.3) is 0 Å². The molecule has 3 atom stereocenters. The summed E-state index contributed by atoms with van der Waals surface area (Å²) < 4.78 is 18.9. The van der Waals surface area contributed by atoms with E-state index in [9.17, 15) is 14.4 Å². The SMILES string of the molecule is CCCCO[C@@H]1C(=O)N2[C@@H]1SC(C)(C)[C@@H]2C(=O)OCOC(=O)OC. The highest BCUT2D eigenvalue weighted by Crippen LogP contribution is 2.51. The van der Waals surface area contributed by atoms with Crippen LogP contribution in [0.5, 0.6) is 0 Å². The topological polar surface area (TPSA) is 91.4 Å². The maximum Gasteiger partial charge on any atom is 0.510 e. The zero-order chi connectivity index (χ0) is 17.9. The second-order valence-electron chi connectivity index (χ2n) is 6.08. The molecular formula is C15H23NO7S. The molecule has 2 heterocycles. The monoisotopic (exact) mass is 361 g/mol. The molecule has 2 rings (SSSR count). The van der Waals surface area contributed by atoms with Crippen molar-refractivity contribution < 1.29 is 33.3 Å². The van der Waals surface area contributed by atoms with Crippen molar-refractivity contribution in [1.82, 2.24) is 4.90 Å². The minimum atomic E-state index is -0.940. The molecule has 0 radical (unpaired) electrons. The van der Waals surface area contributed by atoms with Gasteiger partial charge in [-0.1, -0.05) is 13.3 Å². The zero-order valence-electron chi connectivity index (χ0n) is 14.3. The molecule has 0 spiro atoms. The molecule has 0 unspecified atom stereocenters. The summed E-state index contributed by atoms with van der Waals surface area (Å²) in [5.41, 5.74) is 0. The zero-order valence-corrected chi connectivity index (χ0v) is 15.1. The molecular weight excluding hydrogens is 338 g/mol. The Bertz CT molecular complexity index is 510. The number of fused-ring (bicyclic) bond motifs is 1. The molecule has 0 aromatic carbocycles. The molecule has 24 heavy (non-hydrogen) atoms. The van der Waals surface area contributed by atoms with Crippen LogP contribution in [0.15, 0.2) is 0 Å². The van der Waals surface area contributed by atoms with Crippen molar-refractivity contribution >= 4 is 29.8 Å². The molecule has 0 aliphatic carbocycles. The van der Waals surface area contributed by atoms with Crippen molar-refractivity contribution in [3.05, 3.63) is 0 Å². The van der Waals surface area contributed by atoms with Gasteiger partial charge in [-0.3, -0.25) is 4.79 Å². The second-order valence-corrected chi connectivity index (χ2v) is 7.86. The summed E-state index contributed by atoms with van der Waals surface area (Å²) in [6.45, 7) is 5.78. The molecule has 2 aliphatic rings. The summed E-state index contributed by atoms with van der Waals surface area (Å²) in [6.07, 6.45) is 0.430. The number of amides is 1. The predicted molar refractivity (Wildman–Crippen MR) is 85.2 cm³/mol. The number of hydrogen-bond donors (Lipinski definition) is 0. The number of carbonyl (C=O) groups excluding carboxylic acids is 3. The molecule has 8 nitrogen and oxygen atoms in total. The number of esters is 1. The highest BCUT2D eigenvalue weighted by atomic mass is 32.2. The van der Waals surface area contributed by atoms with Gasteiger partial charge in [-0.15, -0.1) is 11.8 Å². The summed E-state index contributed by atoms with van der Waals surface area (Å²) in [4.78, 5) is 37.0. The van der Waals surface area contributed by atoms with E-state index in [1.165, 1.54) is 16.7 Å². The van der Waals surface area contributed by atoms with Crippen LogP contribution in [0.3, 0.4) is 0 Å². The molecule has 0 bridgehead atoms. The van der Waals surface area contributed by atoms with Crippen molar-refractivity contribution in [2.45, 2.75) is 55.9 Å². The van der Waals surface area contributed by atoms with Crippen molar-refractivity contribution in [1.29, 1.82) is 0 Å². The van der Waals surface area contributed by atoms with Gasteiger partial charge in [-0.05, 0) is 20.3 Å². The van der Waals surface area contributed by atoms with Crippen molar-refractivity contribution in [3.63, 3.8) is 0 Å². The van der Waals surface area contributed by atoms with Crippen molar-refractivity contribution in [3.8, 4) is 0 Å². The number of methoxy groups -OCH3 is 1. The molecule has 2 fully saturated rings. The van der Waals surface area contributed by atoms with Crippen LogP contribution in [0.4, 0.5) is 4.79 Å². The quantitative estimate of drug-likeness (QED) is 0.292. The van der Waals surface area contributed by atoms with E-state index >= 15 is 0 Å². The Kier molecular flexibility index (Phi) is 5.97. The Morgan fingerprint density at radius 1 is 1.29 bits per heavy atom. The standard InChI is InChI=1S/C15H23NO7S/c1-5-6-7-21-9-11(17)16-10(15(2,3)24-12(9)16)13(18)22-8-23-14(19)20-4/h9-10,12H,5-8H2,1-4H3/t9-,10+,12-/m1/s1. The normalized spacial score (nSPS) is 27.2. The first-order valence-electron chi connectivity index (χ1n) is 7.82. The van der Waals surface area contributed by atoms with E-state index in [0.29, 0.717) is 6.61 Å². The molecule has 9 heteroatoms. The first-order chi connectivity index (χ1) is 11.3. The van der Waals surface area contributed by atoms with Crippen molar-refractivity contribution in [2.24, 2.45) is 0 Å². The molecule has 136 valence electrons. The third-order valence-corrected chi connectivity index (χ3v) is 5.50. The molecule has 2 saturated heterocycles. The van der Waals surface area contributed by atoms with Gasteiger partial charge in [0, 0.05) is 11.4 Å². The number of ether oxygens (including phenoxy) is 4. The van der Waals surface area contributed by atoms with E-state index in [2.05, 4.69) is 9.47 Å². The number of unbranched alkanes of at least 4 members (excludes halogenated alkanes) is 1.